The summed E-state index contributed by atoms with van der Waals surface area (Å²) in [6.45, 7) is 0.170. The molecule has 0 spiro atoms. The van der Waals surface area contributed by atoms with Crippen LogP contribution in [0.5, 0.6) is 0 Å². The summed E-state index contributed by atoms with van der Waals surface area (Å²) in [7, 11) is 0. The minimum atomic E-state index is -0.304. The van der Waals surface area contributed by atoms with Crippen molar-refractivity contribution in [3.63, 3.8) is 0 Å². The van der Waals surface area contributed by atoms with E-state index in [0.29, 0.717) is 44.5 Å². The molecule has 0 radical (unpaired) electrons. The Morgan fingerprint density at radius 2 is 1.66 bits per heavy atom. The first-order valence-electron chi connectivity index (χ1n) is 11.8. The predicted molar refractivity (Wildman–Crippen MR) is 143 cm³/mol. The largest absolute Gasteiger partial charge is 0.355 e. The Kier molecular flexibility index (Phi) is 6.03. The number of carbonyl (C=O) groups is 2. The minimum Gasteiger partial charge on any atom is -0.355 e. The highest BCUT2D eigenvalue weighted by Crippen LogP contribution is 2.29. The van der Waals surface area contributed by atoms with Crippen LogP contribution in [0.4, 0.5) is 5.13 Å². The number of nitrogens with zero attached hydrogens (tertiary/aromatic N) is 6. The summed E-state index contributed by atoms with van der Waals surface area (Å²) < 4.78 is 0. The van der Waals surface area contributed by atoms with Crippen molar-refractivity contribution < 1.29 is 9.59 Å². The van der Waals surface area contributed by atoms with Gasteiger partial charge in [-0.05, 0) is 36.2 Å². The first-order chi connectivity index (χ1) is 18.6. The summed E-state index contributed by atoms with van der Waals surface area (Å²) in [4.78, 5) is 36.0. The van der Waals surface area contributed by atoms with Gasteiger partial charge in [0, 0.05) is 24.3 Å². The van der Waals surface area contributed by atoms with Crippen LogP contribution < -0.4 is 5.32 Å². The Morgan fingerprint density at radius 1 is 0.921 bits per heavy atom. The van der Waals surface area contributed by atoms with Crippen molar-refractivity contribution in [1.29, 1.82) is 5.26 Å². The van der Waals surface area contributed by atoms with E-state index >= 15 is 0 Å². The first-order valence-corrected chi connectivity index (χ1v) is 12.7. The predicted octanol–water partition coefficient (Wildman–Crippen LogP) is 4.34. The molecule has 1 N–H and O–H groups in total. The van der Waals surface area contributed by atoms with E-state index in [0.717, 1.165) is 10.9 Å². The van der Waals surface area contributed by atoms with Gasteiger partial charge in [-0.2, -0.15) is 5.26 Å². The zero-order chi connectivity index (χ0) is 26.1. The zero-order valence-electron chi connectivity index (χ0n) is 19.9. The molecular formula is C28H19N7O2S. The van der Waals surface area contributed by atoms with Crippen LogP contribution in [0.2, 0.25) is 0 Å². The van der Waals surface area contributed by atoms with Crippen molar-refractivity contribution in [1.82, 2.24) is 25.1 Å². The smallest absolute Gasteiger partial charge is 0.261 e. The van der Waals surface area contributed by atoms with Crippen LogP contribution in [0.15, 0.2) is 79.1 Å². The molecule has 3 aromatic heterocycles. The molecule has 10 heteroatoms. The summed E-state index contributed by atoms with van der Waals surface area (Å²) >= 11 is 1.31. The molecule has 2 aromatic carbocycles. The van der Waals surface area contributed by atoms with E-state index in [1.54, 1.807) is 30.5 Å². The van der Waals surface area contributed by atoms with E-state index in [-0.39, 0.29) is 24.4 Å². The number of imide groups is 1. The fraction of sp³-hybridized carbons (Fsp3) is 0.107. The van der Waals surface area contributed by atoms with Gasteiger partial charge in [0.1, 0.15) is 11.8 Å². The molecule has 0 saturated carbocycles. The summed E-state index contributed by atoms with van der Waals surface area (Å²) in [6, 6.07) is 22.2. The third kappa shape index (κ3) is 4.36. The maximum absolute atomic E-state index is 13.0. The van der Waals surface area contributed by atoms with E-state index in [2.05, 4.69) is 31.6 Å². The second-order valence-corrected chi connectivity index (χ2v) is 9.75. The normalized spacial score (nSPS) is 13.4. The van der Waals surface area contributed by atoms with Gasteiger partial charge < -0.3 is 5.32 Å². The third-order valence-electron chi connectivity index (χ3n) is 6.30. The number of rotatable bonds is 7. The number of nitriles is 1. The van der Waals surface area contributed by atoms with Gasteiger partial charge in [0.05, 0.1) is 28.2 Å². The second kappa shape index (κ2) is 9.80. The molecule has 4 heterocycles. The van der Waals surface area contributed by atoms with Crippen LogP contribution in [0.3, 0.4) is 0 Å². The quantitative estimate of drug-likeness (QED) is 0.316. The monoisotopic (exact) mass is 517 g/mol. The van der Waals surface area contributed by atoms with Gasteiger partial charge in [0.15, 0.2) is 5.01 Å². The van der Waals surface area contributed by atoms with Crippen LogP contribution in [-0.2, 0) is 6.42 Å². The minimum absolute atomic E-state index is 0.170. The second-order valence-electron chi connectivity index (χ2n) is 8.78. The number of aromatic nitrogens is 4. The Morgan fingerprint density at radius 3 is 2.39 bits per heavy atom. The van der Waals surface area contributed by atoms with E-state index in [4.69, 9.17) is 0 Å². The lowest BCUT2D eigenvalue weighted by Crippen LogP contribution is -2.41. The SMILES string of the molecule is N#Cc1cncc2ccc(-c3nnc(N[C@H](Cc4ccccc4)CN4C(=O)c5ccccc5C4=O)s3)nc12. The molecule has 0 aliphatic carbocycles. The number of benzene rings is 2. The van der Waals surface area contributed by atoms with Gasteiger partial charge in [-0.25, -0.2) is 4.98 Å². The summed E-state index contributed by atoms with van der Waals surface area (Å²) in [5.74, 6) is -0.599. The summed E-state index contributed by atoms with van der Waals surface area (Å²) in [6.07, 6.45) is 3.71. The van der Waals surface area contributed by atoms with Crippen LogP contribution in [0.1, 0.15) is 31.8 Å². The van der Waals surface area contributed by atoms with Crippen LogP contribution in [-0.4, -0.2) is 49.5 Å². The van der Waals surface area contributed by atoms with Crippen molar-refractivity contribution in [3.8, 4) is 16.8 Å². The first kappa shape index (κ1) is 23.4. The average molecular weight is 518 g/mol. The Bertz CT molecular complexity index is 1690. The van der Waals surface area contributed by atoms with Crippen molar-refractivity contribution in [2.24, 2.45) is 0 Å². The molecule has 9 nitrogen and oxygen atoms in total. The molecule has 1 atom stereocenters. The van der Waals surface area contributed by atoms with Gasteiger partial charge in [-0.3, -0.25) is 19.5 Å². The average Bonchev–Trinajstić information content (AvgIpc) is 3.52. The van der Waals surface area contributed by atoms with Crippen LogP contribution in [0.25, 0.3) is 21.6 Å². The van der Waals surface area contributed by atoms with Gasteiger partial charge >= 0.3 is 0 Å². The summed E-state index contributed by atoms with van der Waals surface area (Å²) in [5.41, 5.74) is 3.42. The number of carbonyl (C=O) groups excluding carboxylic acids is 2. The van der Waals surface area contributed by atoms with Crippen molar-refractivity contribution in [2.75, 3.05) is 11.9 Å². The number of hydrogen-bond donors (Lipinski definition) is 1. The van der Waals surface area contributed by atoms with Gasteiger partial charge in [0.25, 0.3) is 11.8 Å². The lowest BCUT2D eigenvalue weighted by Gasteiger charge is -2.23. The number of fused-ring (bicyclic) bond motifs is 2. The van der Waals surface area contributed by atoms with Crippen molar-refractivity contribution in [3.05, 3.63) is 101 Å². The molecule has 2 amide bonds. The Balaban J connectivity index is 1.27. The number of hydrogen-bond acceptors (Lipinski definition) is 9. The van der Waals surface area contributed by atoms with Crippen LogP contribution in [0, 0.1) is 11.3 Å². The molecule has 0 saturated heterocycles. The van der Waals surface area contributed by atoms with Gasteiger partial charge in [0.2, 0.25) is 5.13 Å². The maximum atomic E-state index is 13.0. The molecule has 1 aliphatic rings. The highest BCUT2D eigenvalue weighted by Gasteiger charge is 2.36. The van der Waals surface area contributed by atoms with E-state index in [1.807, 2.05) is 42.5 Å². The van der Waals surface area contributed by atoms with Crippen LogP contribution >= 0.6 is 11.3 Å². The lowest BCUT2D eigenvalue weighted by molar-refractivity contribution is 0.0647. The fourth-order valence-corrected chi connectivity index (χ4v) is 5.28. The van der Waals surface area contributed by atoms with E-state index < -0.39 is 0 Å². The number of nitrogens with one attached hydrogen (secondary N) is 1. The van der Waals surface area contributed by atoms with E-state index in [9.17, 15) is 14.9 Å². The molecule has 6 rings (SSSR count). The van der Waals surface area contributed by atoms with Gasteiger partial charge in [-0.1, -0.05) is 53.8 Å². The highest BCUT2D eigenvalue weighted by molar-refractivity contribution is 7.18. The van der Waals surface area contributed by atoms with Crippen molar-refractivity contribution in [2.45, 2.75) is 12.5 Å². The molecule has 0 fully saturated rings. The maximum Gasteiger partial charge on any atom is 0.261 e. The Hall–Kier alpha value is -5.01. The highest BCUT2D eigenvalue weighted by atomic mass is 32.1. The third-order valence-corrected chi connectivity index (χ3v) is 7.17. The fourth-order valence-electron chi connectivity index (χ4n) is 4.49. The molecule has 0 unspecified atom stereocenters. The Labute approximate surface area is 221 Å². The molecule has 1 aliphatic heterocycles. The molecule has 38 heavy (non-hydrogen) atoms. The summed E-state index contributed by atoms with van der Waals surface area (Å²) in [5, 5.41) is 23.3. The molecular weight excluding hydrogens is 498 g/mol. The molecule has 5 aromatic rings. The topological polar surface area (TPSA) is 125 Å². The molecule has 0 bridgehead atoms. The number of pyridine rings is 2. The number of anilines is 1. The lowest BCUT2D eigenvalue weighted by atomic mass is 10.1. The van der Waals surface area contributed by atoms with E-state index in [1.165, 1.54) is 22.4 Å². The number of amides is 2. The van der Waals surface area contributed by atoms with Gasteiger partial charge in [-0.15, -0.1) is 10.2 Å². The standard InChI is InChI=1S/C28H19N7O2S/c29-13-19-15-30-14-18-10-11-23(32-24(18)19)25-33-34-28(38-25)31-20(12-17-6-2-1-3-7-17)16-35-26(36)21-8-4-5-9-22(21)27(35)37/h1-11,14-15,20H,12,16H2,(H,31,34)/t20-/m1/s1. The van der Waals surface area contributed by atoms with Crippen molar-refractivity contribution >= 4 is 39.2 Å². The zero-order valence-corrected chi connectivity index (χ0v) is 20.7. The molecule has 184 valence electrons.